The van der Waals surface area contributed by atoms with Crippen molar-refractivity contribution in [1.29, 1.82) is 0 Å². The molecule has 1 heterocycles. The molecule has 11 nitrogen and oxygen atoms in total. The lowest BCUT2D eigenvalue weighted by Crippen LogP contribution is -2.40. The smallest absolute Gasteiger partial charge is 0.247 e. The lowest BCUT2D eigenvalue weighted by Gasteiger charge is -2.24. The van der Waals surface area contributed by atoms with E-state index in [1.54, 1.807) is 33.5 Å². The van der Waals surface area contributed by atoms with Gasteiger partial charge in [0.15, 0.2) is 11.5 Å². The Hall–Kier alpha value is -5.06. The Morgan fingerprint density at radius 3 is 2.40 bits per heavy atom. The van der Waals surface area contributed by atoms with Gasteiger partial charge in [0.25, 0.3) is 0 Å². The molecule has 48 heavy (non-hydrogen) atoms. The van der Waals surface area contributed by atoms with Gasteiger partial charge >= 0.3 is 0 Å². The summed E-state index contributed by atoms with van der Waals surface area (Å²) in [5, 5.41) is 9.34. The third kappa shape index (κ3) is 6.81. The predicted octanol–water partition coefficient (Wildman–Crippen LogP) is 6.33. The molecule has 0 aliphatic heterocycles. The van der Waals surface area contributed by atoms with Crippen molar-refractivity contribution in [1.82, 2.24) is 15.3 Å². The number of H-pyrrole nitrogens is 1. The number of aromatic nitrogens is 2. The number of methoxy groups -OCH3 is 3. The van der Waals surface area contributed by atoms with Gasteiger partial charge in [0, 0.05) is 24.1 Å². The quantitative estimate of drug-likeness (QED) is 0.147. The molecule has 254 valence electrons. The third-order valence-corrected chi connectivity index (χ3v) is 9.04. The van der Waals surface area contributed by atoms with Crippen molar-refractivity contribution < 1.29 is 23.8 Å². The number of carbonyl (C=O) groups excluding carboxylic acids is 2. The van der Waals surface area contributed by atoms with Crippen LogP contribution in [-0.2, 0) is 16.0 Å². The van der Waals surface area contributed by atoms with Gasteiger partial charge in [-0.25, -0.2) is 4.98 Å². The van der Waals surface area contributed by atoms with Crippen LogP contribution in [0, 0.1) is 5.92 Å². The van der Waals surface area contributed by atoms with Crippen LogP contribution in [0.1, 0.15) is 76.4 Å². The number of ether oxygens (including phenoxy) is 3. The molecule has 0 spiro atoms. The number of fused-ring (bicyclic) bond motifs is 4. The van der Waals surface area contributed by atoms with Gasteiger partial charge in [-0.2, -0.15) is 0 Å². The first-order chi connectivity index (χ1) is 23.0. The number of carbonyl (C=O) groups is 2. The van der Waals surface area contributed by atoms with E-state index in [1.165, 1.54) is 6.92 Å². The molecule has 11 heteroatoms. The minimum Gasteiger partial charge on any atom is -0.493 e. The predicted molar refractivity (Wildman–Crippen MR) is 188 cm³/mol. The number of nitrogens with zero attached hydrogens (tertiary/aromatic N) is 1. The van der Waals surface area contributed by atoms with Gasteiger partial charge in [-0.15, -0.1) is 0 Å². The number of rotatable bonds is 11. The van der Waals surface area contributed by atoms with E-state index in [0.29, 0.717) is 53.3 Å². The molecule has 0 fully saturated rings. The SMILES string of the molecule is CC[C@@H](C)[C@H](Nc1ccc2c(cc1=O)[C@@H](NC(C)=O)CCc1cc(OC)c(OC)c(OC)c1-2)C(=O)Nc1ccc2nc(C(C)C)[nH]c2c1. The summed E-state index contributed by atoms with van der Waals surface area (Å²) in [5.41, 5.74) is 5.28. The molecule has 1 aromatic heterocycles. The summed E-state index contributed by atoms with van der Waals surface area (Å²) in [6.07, 6.45) is 1.83. The Kier molecular flexibility index (Phi) is 10.3. The number of aryl methyl sites for hydroxylation is 1. The fourth-order valence-corrected chi connectivity index (χ4v) is 6.30. The third-order valence-electron chi connectivity index (χ3n) is 9.04. The molecule has 1 aliphatic rings. The molecule has 3 aromatic carbocycles. The Labute approximate surface area is 280 Å². The molecule has 0 radical (unpaired) electrons. The summed E-state index contributed by atoms with van der Waals surface area (Å²) < 4.78 is 17.2. The van der Waals surface area contributed by atoms with Gasteiger partial charge in [-0.1, -0.05) is 40.2 Å². The molecule has 0 bridgehead atoms. The highest BCUT2D eigenvalue weighted by molar-refractivity contribution is 5.98. The molecule has 0 unspecified atom stereocenters. The number of amides is 2. The summed E-state index contributed by atoms with van der Waals surface area (Å²) in [7, 11) is 4.67. The van der Waals surface area contributed by atoms with Gasteiger partial charge in [0.1, 0.15) is 11.9 Å². The molecule has 3 atom stereocenters. The standard InChI is InChI=1S/C37H45N5O6/c1-9-20(4)33(37(45)39-23-11-14-27-29(17-23)42-36(41-27)19(2)3)40-28-15-12-24-25(18-30(28)44)26(38-21(5)43)13-10-22-16-31(46-6)34(47-7)35(48-8)32(22)24/h11-12,14-20,26,33H,9-10,13H2,1-8H3,(H,38,43)(H,39,45)(H,40,44)(H,41,42)/t20-,26+,33+/m1/s1. The van der Waals surface area contributed by atoms with E-state index in [1.807, 2.05) is 44.2 Å². The molecule has 5 rings (SSSR count). The number of hydrogen-bond acceptors (Lipinski definition) is 8. The van der Waals surface area contributed by atoms with Crippen molar-refractivity contribution in [3.63, 3.8) is 0 Å². The fourth-order valence-electron chi connectivity index (χ4n) is 6.30. The first-order valence-electron chi connectivity index (χ1n) is 16.3. The number of nitrogens with one attached hydrogen (secondary N) is 4. The van der Waals surface area contributed by atoms with Crippen molar-refractivity contribution in [2.75, 3.05) is 32.0 Å². The molecular weight excluding hydrogens is 610 g/mol. The molecule has 4 N–H and O–H groups in total. The molecular formula is C37H45N5O6. The van der Waals surface area contributed by atoms with Crippen LogP contribution in [-0.4, -0.2) is 49.2 Å². The second-order valence-corrected chi connectivity index (χ2v) is 12.6. The second kappa shape index (κ2) is 14.4. The van der Waals surface area contributed by atoms with E-state index in [4.69, 9.17) is 14.2 Å². The monoisotopic (exact) mass is 655 g/mol. The summed E-state index contributed by atoms with van der Waals surface area (Å²) in [4.78, 5) is 48.1. The maximum Gasteiger partial charge on any atom is 0.247 e. The van der Waals surface area contributed by atoms with Crippen LogP contribution in [0.3, 0.4) is 0 Å². The average Bonchev–Trinajstić information content (AvgIpc) is 3.36. The zero-order valence-electron chi connectivity index (χ0n) is 28.9. The van der Waals surface area contributed by atoms with Gasteiger partial charge in [0.05, 0.1) is 44.1 Å². The van der Waals surface area contributed by atoms with Gasteiger partial charge < -0.3 is 35.1 Å². The molecule has 0 saturated carbocycles. The summed E-state index contributed by atoms with van der Waals surface area (Å²) in [5.74, 6) is 1.96. The van der Waals surface area contributed by atoms with E-state index in [0.717, 1.165) is 28.0 Å². The van der Waals surface area contributed by atoms with Gasteiger partial charge in [-0.05, 0) is 71.8 Å². The van der Waals surface area contributed by atoms with Crippen LogP contribution in [0.15, 0.2) is 47.3 Å². The number of imidazole rings is 1. The Balaban J connectivity index is 1.57. The zero-order chi connectivity index (χ0) is 34.7. The van der Waals surface area contributed by atoms with Gasteiger partial charge in [0.2, 0.25) is 23.0 Å². The maximum atomic E-state index is 14.0. The lowest BCUT2D eigenvalue weighted by atomic mass is 9.95. The Bertz CT molecular complexity index is 1900. The van der Waals surface area contributed by atoms with E-state index < -0.39 is 12.1 Å². The maximum absolute atomic E-state index is 14.0. The molecule has 4 aromatic rings. The minimum atomic E-state index is -0.717. The first kappa shape index (κ1) is 34.3. The fraction of sp³-hybridized carbons (Fsp3) is 0.405. The first-order valence-corrected chi connectivity index (χ1v) is 16.3. The summed E-state index contributed by atoms with van der Waals surface area (Å²) in [6.45, 7) is 9.57. The van der Waals surface area contributed by atoms with Crippen LogP contribution in [0.4, 0.5) is 11.4 Å². The Morgan fingerprint density at radius 1 is 1.00 bits per heavy atom. The number of hydrogen-bond donors (Lipinski definition) is 4. The number of aromatic amines is 1. The number of anilines is 2. The highest BCUT2D eigenvalue weighted by atomic mass is 16.5. The van der Waals surface area contributed by atoms with E-state index in [9.17, 15) is 14.4 Å². The van der Waals surface area contributed by atoms with Crippen molar-refractivity contribution >= 4 is 34.2 Å². The van der Waals surface area contributed by atoms with Crippen LogP contribution < -0.4 is 35.6 Å². The topological polar surface area (TPSA) is 144 Å². The van der Waals surface area contributed by atoms with Crippen LogP contribution >= 0.6 is 0 Å². The van der Waals surface area contributed by atoms with Crippen LogP contribution in [0.5, 0.6) is 17.2 Å². The van der Waals surface area contributed by atoms with Crippen LogP contribution in [0.2, 0.25) is 0 Å². The molecule has 2 amide bonds. The highest BCUT2D eigenvalue weighted by Crippen LogP contribution is 2.50. The van der Waals surface area contributed by atoms with Crippen LogP contribution in [0.25, 0.3) is 22.2 Å². The van der Waals surface area contributed by atoms with Crippen molar-refractivity contribution in [2.24, 2.45) is 5.92 Å². The Morgan fingerprint density at radius 2 is 1.75 bits per heavy atom. The summed E-state index contributed by atoms with van der Waals surface area (Å²) >= 11 is 0. The second-order valence-electron chi connectivity index (χ2n) is 12.6. The van der Waals surface area contributed by atoms with E-state index in [-0.39, 0.29) is 34.8 Å². The van der Waals surface area contributed by atoms with Crippen molar-refractivity contribution in [3.05, 3.63) is 69.6 Å². The molecule has 1 aliphatic carbocycles. The highest BCUT2D eigenvalue weighted by Gasteiger charge is 2.30. The van der Waals surface area contributed by atoms with E-state index in [2.05, 4.69) is 39.8 Å². The number of benzene rings is 2. The molecule has 0 saturated heterocycles. The minimum absolute atomic E-state index is 0.110. The normalized spacial score (nSPS) is 15.1. The lowest BCUT2D eigenvalue weighted by molar-refractivity contribution is -0.120. The van der Waals surface area contributed by atoms with E-state index >= 15 is 0 Å². The largest absolute Gasteiger partial charge is 0.493 e. The zero-order valence-corrected chi connectivity index (χ0v) is 28.9. The average molecular weight is 656 g/mol. The van der Waals surface area contributed by atoms with Crippen molar-refractivity contribution in [3.8, 4) is 28.4 Å². The van der Waals surface area contributed by atoms with Crippen molar-refractivity contribution in [2.45, 2.75) is 71.9 Å². The summed E-state index contributed by atoms with van der Waals surface area (Å²) in [6, 6.07) is 11.4. The van der Waals surface area contributed by atoms with Gasteiger partial charge in [-0.3, -0.25) is 14.4 Å².